The van der Waals surface area contributed by atoms with E-state index in [1.165, 1.54) is 4.90 Å². The van der Waals surface area contributed by atoms with Gasteiger partial charge >= 0.3 is 6.02 Å². The van der Waals surface area contributed by atoms with Gasteiger partial charge in [0.05, 0.1) is 0 Å². The highest BCUT2D eigenvalue weighted by molar-refractivity contribution is 6.13. The van der Waals surface area contributed by atoms with E-state index in [-0.39, 0.29) is 53.4 Å². The van der Waals surface area contributed by atoms with Crippen molar-refractivity contribution in [3.05, 3.63) is 95.5 Å². The molecule has 0 aromatic heterocycles. The molecule has 2 aliphatic rings. The van der Waals surface area contributed by atoms with E-state index in [1.807, 2.05) is 18.2 Å². The Morgan fingerprint density at radius 2 is 1.57 bits per heavy atom. The molecule has 202 valence electrons. The molecule has 0 bridgehead atoms. The zero-order valence-corrected chi connectivity index (χ0v) is 21.6. The number of nitrogens with one attached hydrogen (secondary N) is 3. The van der Waals surface area contributed by atoms with Crippen molar-refractivity contribution in [1.29, 1.82) is 5.41 Å². The summed E-state index contributed by atoms with van der Waals surface area (Å²) in [6, 6.07) is 20.5. The second kappa shape index (κ2) is 11.0. The van der Waals surface area contributed by atoms with Crippen molar-refractivity contribution in [3.8, 4) is 23.0 Å². The molecule has 0 spiro atoms. The Labute approximate surface area is 229 Å². The summed E-state index contributed by atoms with van der Waals surface area (Å²) < 4.78 is 17.9. The number of para-hydroxylation sites is 1. The Kier molecular flexibility index (Phi) is 7.14. The summed E-state index contributed by atoms with van der Waals surface area (Å²) in [5, 5.41) is 13.6. The molecule has 0 fully saturated rings. The van der Waals surface area contributed by atoms with Crippen LogP contribution in [0.25, 0.3) is 0 Å². The molecule has 3 aromatic rings. The second-order valence-corrected chi connectivity index (χ2v) is 8.89. The molecule has 2 aliphatic heterocycles. The maximum atomic E-state index is 12.4. The van der Waals surface area contributed by atoms with E-state index < -0.39 is 0 Å². The average molecular weight is 540 g/mol. The Morgan fingerprint density at radius 3 is 2.30 bits per heavy atom. The normalized spacial score (nSPS) is 14.1. The highest BCUT2D eigenvalue weighted by Crippen LogP contribution is 2.30. The number of nitrogen functional groups attached to an aromatic ring is 1. The maximum Gasteiger partial charge on any atom is 0.304 e. The summed E-state index contributed by atoms with van der Waals surface area (Å²) in [4.78, 5) is 34.6. The molecule has 0 radical (unpaired) electrons. The van der Waals surface area contributed by atoms with E-state index in [2.05, 4.69) is 20.6 Å². The molecule has 5 N–H and O–H groups in total. The largest absolute Gasteiger partial charge is 0.457 e. The summed E-state index contributed by atoms with van der Waals surface area (Å²) in [6.45, 7) is -0.103. The fraction of sp³-hybridized carbons (Fsp3) is 0.107. The number of carbonyl (C=O) groups is 2. The lowest BCUT2D eigenvalue weighted by Gasteiger charge is -2.25. The van der Waals surface area contributed by atoms with Gasteiger partial charge in [-0.1, -0.05) is 24.3 Å². The third kappa shape index (κ3) is 5.91. The van der Waals surface area contributed by atoms with Gasteiger partial charge in [-0.2, -0.15) is 4.99 Å². The molecule has 0 saturated heterocycles. The van der Waals surface area contributed by atoms with E-state index in [0.29, 0.717) is 28.4 Å². The lowest BCUT2D eigenvalue weighted by molar-refractivity contribution is -0.119. The van der Waals surface area contributed by atoms with Crippen LogP contribution in [0.4, 0.5) is 0 Å². The van der Waals surface area contributed by atoms with Crippen LogP contribution in [0.2, 0.25) is 0 Å². The van der Waals surface area contributed by atoms with E-state index >= 15 is 0 Å². The van der Waals surface area contributed by atoms with Crippen molar-refractivity contribution < 1.29 is 23.8 Å². The predicted molar refractivity (Wildman–Crippen MR) is 148 cm³/mol. The first-order chi connectivity index (χ1) is 19.2. The third-order valence-electron chi connectivity index (χ3n) is 5.61. The molecule has 12 nitrogen and oxygen atoms in total. The third-order valence-corrected chi connectivity index (χ3v) is 5.61. The standard InChI is InChI=1S/C28H25N7O5/c1-35(2)27(37)16-7-6-10-19(11-16)40-28-33-25-23(32-22(36)15-31-25)26(34-28)39-21-13-17(24(29)30)12-20(14-21)38-18-8-4-3-5-9-18/h3-14H,15H2,1-2H3,(H3,29,30)(H,32,36)(H,31,33,34). The van der Waals surface area contributed by atoms with Crippen molar-refractivity contribution >= 4 is 29.5 Å². The first-order valence-electron chi connectivity index (χ1n) is 12.1. The number of carbonyl (C=O) groups excluding carboxylic acids is 2. The van der Waals surface area contributed by atoms with Gasteiger partial charge in [0.15, 0.2) is 5.84 Å². The molecule has 2 amide bonds. The quantitative estimate of drug-likeness (QED) is 0.265. The number of hydrogen-bond donors (Lipinski definition) is 4. The molecule has 0 atom stereocenters. The van der Waals surface area contributed by atoms with Crippen molar-refractivity contribution in [2.75, 3.05) is 20.6 Å². The van der Waals surface area contributed by atoms with Gasteiger partial charge in [-0.15, -0.1) is 0 Å². The zero-order valence-electron chi connectivity index (χ0n) is 21.6. The second-order valence-electron chi connectivity index (χ2n) is 8.89. The monoisotopic (exact) mass is 539 g/mol. The van der Waals surface area contributed by atoms with Gasteiger partial charge in [0.2, 0.25) is 5.91 Å². The van der Waals surface area contributed by atoms with Crippen LogP contribution < -0.4 is 30.6 Å². The molecule has 0 saturated carbocycles. The van der Waals surface area contributed by atoms with Crippen LogP contribution in [-0.4, -0.2) is 55.0 Å². The summed E-state index contributed by atoms with van der Waals surface area (Å²) in [6.07, 6.45) is 0. The molecule has 0 aliphatic carbocycles. The van der Waals surface area contributed by atoms with Gasteiger partial charge in [0, 0.05) is 31.3 Å². The molecule has 3 aromatic carbocycles. The summed E-state index contributed by atoms with van der Waals surface area (Å²) in [7, 11) is 3.32. The van der Waals surface area contributed by atoms with Crippen molar-refractivity contribution in [2.24, 2.45) is 15.7 Å². The highest BCUT2D eigenvalue weighted by Gasteiger charge is 2.29. The maximum absolute atomic E-state index is 12.4. The van der Waals surface area contributed by atoms with Crippen LogP contribution in [0.5, 0.6) is 23.0 Å². The topological polar surface area (TPSA) is 164 Å². The van der Waals surface area contributed by atoms with Gasteiger partial charge in [-0.25, -0.2) is 0 Å². The molecule has 12 heteroatoms. The molecular weight excluding hydrogens is 514 g/mol. The fourth-order valence-electron chi connectivity index (χ4n) is 3.77. The van der Waals surface area contributed by atoms with Gasteiger partial charge < -0.3 is 30.2 Å². The molecule has 5 rings (SSSR count). The van der Waals surface area contributed by atoms with Gasteiger partial charge in [-0.3, -0.25) is 25.3 Å². The van der Waals surface area contributed by atoms with Crippen molar-refractivity contribution in [3.63, 3.8) is 0 Å². The number of rotatable bonds is 7. The molecule has 40 heavy (non-hydrogen) atoms. The van der Waals surface area contributed by atoms with E-state index in [9.17, 15) is 9.59 Å². The van der Waals surface area contributed by atoms with Gasteiger partial charge in [0.25, 0.3) is 11.8 Å². The van der Waals surface area contributed by atoms with Crippen LogP contribution in [0.15, 0.2) is 94.4 Å². The Hall–Kier alpha value is -5.65. The summed E-state index contributed by atoms with van der Waals surface area (Å²) >= 11 is 0. The molecule has 2 heterocycles. The van der Waals surface area contributed by atoms with Gasteiger partial charge in [0.1, 0.15) is 41.1 Å². The Bertz CT molecular complexity index is 1600. The van der Waals surface area contributed by atoms with Crippen molar-refractivity contribution in [2.45, 2.75) is 0 Å². The number of fused-ring (bicyclic) bond motifs is 1. The number of ether oxygens (including phenoxy) is 3. The lowest BCUT2D eigenvalue weighted by Crippen LogP contribution is -2.48. The smallest absolute Gasteiger partial charge is 0.304 e. The highest BCUT2D eigenvalue weighted by atomic mass is 16.5. The molecular formula is C28H25N7O5. The van der Waals surface area contributed by atoms with E-state index in [0.717, 1.165) is 0 Å². The first kappa shape index (κ1) is 26.0. The minimum atomic E-state index is -0.346. The zero-order chi connectivity index (χ0) is 28.2. The number of nitrogens with two attached hydrogens (primary N) is 1. The SMILES string of the molecule is CN(C)C(=O)c1cccc(OC2=NC(Oc3cc(Oc4ccccc4)cc(C(=N)N)c3)=C3NC(=O)CN=C3N2)c1. The number of amidine groups is 3. The summed E-state index contributed by atoms with van der Waals surface area (Å²) in [5.74, 6) is 1.07. The Balaban J connectivity index is 1.48. The Morgan fingerprint density at radius 1 is 0.875 bits per heavy atom. The number of benzene rings is 3. The molecule has 0 unspecified atom stereocenters. The van der Waals surface area contributed by atoms with Crippen LogP contribution >= 0.6 is 0 Å². The minimum Gasteiger partial charge on any atom is -0.457 e. The van der Waals surface area contributed by atoms with E-state index in [1.54, 1.807) is 68.7 Å². The van der Waals surface area contributed by atoms with Crippen LogP contribution in [0.1, 0.15) is 15.9 Å². The predicted octanol–water partition coefficient (Wildman–Crippen LogP) is 2.58. The van der Waals surface area contributed by atoms with Crippen LogP contribution in [-0.2, 0) is 4.79 Å². The number of amides is 2. The first-order valence-corrected chi connectivity index (χ1v) is 12.1. The lowest BCUT2D eigenvalue weighted by atomic mass is 10.2. The van der Waals surface area contributed by atoms with Crippen LogP contribution in [0, 0.1) is 5.41 Å². The summed E-state index contributed by atoms with van der Waals surface area (Å²) in [5.41, 5.74) is 6.75. The number of nitrogens with zero attached hydrogens (tertiary/aromatic N) is 3. The number of hydrogen-bond acceptors (Lipinski definition) is 9. The van der Waals surface area contributed by atoms with Crippen molar-refractivity contribution in [1.82, 2.24) is 15.5 Å². The van der Waals surface area contributed by atoms with Gasteiger partial charge in [-0.05, 0) is 42.5 Å². The van der Waals surface area contributed by atoms with Crippen LogP contribution in [0.3, 0.4) is 0 Å². The average Bonchev–Trinajstić information content (AvgIpc) is 2.93. The number of aliphatic imine (C=N–C) groups is 2. The van der Waals surface area contributed by atoms with E-state index in [4.69, 9.17) is 25.4 Å². The minimum absolute atomic E-state index is 0.00609. The fourth-order valence-corrected chi connectivity index (χ4v) is 3.77.